The smallest absolute Gasteiger partial charge is 0.128 e. The summed E-state index contributed by atoms with van der Waals surface area (Å²) in [6, 6.07) is 0. The van der Waals surface area contributed by atoms with E-state index in [9.17, 15) is 0 Å². The summed E-state index contributed by atoms with van der Waals surface area (Å²) in [5.41, 5.74) is 5.10. The first-order valence-electron chi connectivity index (χ1n) is 3.30. The molecular weight excluding hydrogens is 160 g/mol. The van der Waals surface area contributed by atoms with Gasteiger partial charge in [0.1, 0.15) is 10.6 Å². The molecule has 0 aliphatic rings. The molecule has 0 spiro atoms. The van der Waals surface area contributed by atoms with Crippen LogP contribution in [0.25, 0.3) is 0 Å². The number of nitrogens with zero attached hydrogens (tertiary/aromatic N) is 1. The van der Waals surface area contributed by atoms with Crippen molar-refractivity contribution in [1.29, 1.82) is 0 Å². The fraction of sp³-hybridized carbons (Fsp3) is 0.571. The number of nitrogens with two attached hydrogens (primary N) is 1. The fourth-order valence-corrected chi connectivity index (χ4v) is 1.40. The molecule has 0 bridgehead atoms. The monoisotopic (exact) mass is 171 g/mol. The summed E-state index contributed by atoms with van der Waals surface area (Å²) < 4.78 is 5.23. The highest BCUT2D eigenvalue weighted by Gasteiger charge is 2.26. The first kappa shape index (κ1) is 8.64. The van der Waals surface area contributed by atoms with Crippen molar-refractivity contribution in [3.63, 3.8) is 0 Å². The van der Waals surface area contributed by atoms with Gasteiger partial charge in [-0.2, -0.15) is 0 Å². The Morgan fingerprint density at radius 3 is 3.00 bits per heavy atom. The maximum absolute atomic E-state index is 5.54. The molecule has 0 aliphatic carbocycles. The maximum Gasteiger partial charge on any atom is 0.128 e. The van der Waals surface area contributed by atoms with Gasteiger partial charge >= 0.3 is 0 Å². The van der Waals surface area contributed by atoms with Gasteiger partial charge in [-0.15, -0.1) is 11.3 Å². The minimum atomic E-state index is -0.440. The number of hydrogen-bond donors (Lipinski definition) is 1. The summed E-state index contributed by atoms with van der Waals surface area (Å²) >= 11 is 1.44. The average Bonchev–Trinajstić information content (AvgIpc) is 2.55. The minimum absolute atomic E-state index is 0.435. The molecule has 1 heterocycles. The fourth-order valence-electron chi connectivity index (χ4n) is 0.696. The molecule has 0 aromatic carbocycles. The number of thiazole rings is 1. The zero-order valence-electron chi connectivity index (χ0n) is 6.63. The first-order valence-corrected chi connectivity index (χ1v) is 4.12. The molecule has 0 fully saturated rings. The molecule has 1 aromatic rings. The molecular formula is C7H11N2OS. The number of rotatable bonds is 3. The molecule has 61 valence electrons. The molecule has 1 radical (unpaired) electrons. The van der Waals surface area contributed by atoms with Crippen molar-refractivity contribution in [2.24, 2.45) is 5.73 Å². The highest BCUT2D eigenvalue weighted by Crippen LogP contribution is 2.24. The second-order valence-corrected chi connectivity index (χ2v) is 3.25. The van der Waals surface area contributed by atoms with E-state index in [0.717, 1.165) is 5.01 Å². The summed E-state index contributed by atoms with van der Waals surface area (Å²) in [7, 11) is 1.63. The lowest BCUT2D eigenvalue weighted by molar-refractivity contribution is 0.00990. The minimum Gasteiger partial charge on any atom is -0.370 e. The van der Waals surface area contributed by atoms with Crippen LogP contribution >= 0.6 is 11.3 Å². The summed E-state index contributed by atoms with van der Waals surface area (Å²) in [4.78, 5) is 4.09. The Bertz CT molecular complexity index is 206. The highest BCUT2D eigenvalue weighted by molar-refractivity contribution is 7.09. The summed E-state index contributed by atoms with van der Waals surface area (Å²) in [6.07, 6.45) is 1.63. The lowest BCUT2D eigenvalue weighted by Crippen LogP contribution is -2.33. The van der Waals surface area contributed by atoms with E-state index in [4.69, 9.17) is 10.5 Å². The SMILES string of the molecule is COC(C)(CN)c1nc[c]s1. The van der Waals surface area contributed by atoms with E-state index in [1.807, 2.05) is 6.92 Å². The Hall–Kier alpha value is -0.450. The molecule has 0 saturated carbocycles. The Morgan fingerprint density at radius 2 is 2.64 bits per heavy atom. The third-order valence-corrected chi connectivity index (χ3v) is 2.64. The number of aromatic nitrogens is 1. The van der Waals surface area contributed by atoms with Gasteiger partial charge in [0.05, 0.1) is 5.38 Å². The van der Waals surface area contributed by atoms with Crippen molar-refractivity contribution in [2.75, 3.05) is 13.7 Å². The van der Waals surface area contributed by atoms with E-state index < -0.39 is 5.60 Å². The molecule has 0 saturated heterocycles. The standard InChI is InChI=1S/C7H11N2OS/c1-7(5-8,10-2)6-9-3-4-11-6/h3H,5,8H2,1-2H3. The number of hydrogen-bond acceptors (Lipinski definition) is 4. The van der Waals surface area contributed by atoms with E-state index in [1.54, 1.807) is 13.3 Å². The predicted octanol–water partition coefficient (Wildman–Crippen LogP) is 0.764. The van der Waals surface area contributed by atoms with E-state index in [0.29, 0.717) is 6.54 Å². The van der Waals surface area contributed by atoms with Crippen LogP contribution in [0.4, 0.5) is 0 Å². The predicted molar refractivity (Wildman–Crippen MR) is 44.4 cm³/mol. The van der Waals surface area contributed by atoms with E-state index >= 15 is 0 Å². The maximum atomic E-state index is 5.54. The number of ether oxygens (including phenoxy) is 1. The van der Waals surface area contributed by atoms with E-state index in [1.165, 1.54) is 11.3 Å². The summed E-state index contributed by atoms with van der Waals surface area (Å²) in [5.74, 6) is 0. The van der Waals surface area contributed by atoms with Gasteiger partial charge in [0, 0.05) is 19.9 Å². The van der Waals surface area contributed by atoms with Crippen LogP contribution in [0.1, 0.15) is 11.9 Å². The van der Waals surface area contributed by atoms with Gasteiger partial charge in [-0.25, -0.2) is 4.98 Å². The van der Waals surface area contributed by atoms with E-state index in [-0.39, 0.29) is 0 Å². The normalized spacial score (nSPS) is 16.3. The van der Waals surface area contributed by atoms with Gasteiger partial charge in [0.25, 0.3) is 0 Å². The van der Waals surface area contributed by atoms with Crippen LogP contribution in [-0.2, 0) is 10.3 Å². The van der Waals surface area contributed by atoms with Gasteiger partial charge in [-0.05, 0) is 6.92 Å². The van der Waals surface area contributed by atoms with Gasteiger partial charge in [0.2, 0.25) is 0 Å². The zero-order valence-corrected chi connectivity index (χ0v) is 7.44. The molecule has 1 aromatic heterocycles. The molecule has 1 atom stereocenters. The molecule has 1 unspecified atom stereocenters. The Morgan fingerprint density at radius 1 is 1.91 bits per heavy atom. The molecule has 11 heavy (non-hydrogen) atoms. The average molecular weight is 171 g/mol. The third-order valence-electron chi connectivity index (χ3n) is 1.68. The van der Waals surface area contributed by atoms with Crippen molar-refractivity contribution in [2.45, 2.75) is 12.5 Å². The quantitative estimate of drug-likeness (QED) is 0.730. The van der Waals surface area contributed by atoms with Crippen LogP contribution in [0.15, 0.2) is 6.20 Å². The van der Waals surface area contributed by atoms with Crippen molar-refractivity contribution in [3.8, 4) is 0 Å². The molecule has 3 nitrogen and oxygen atoms in total. The van der Waals surface area contributed by atoms with Gasteiger partial charge in [-0.3, -0.25) is 0 Å². The Labute approximate surface area is 70.2 Å². The molecule has 4 heteroatoms. The molecule has 1 rings (SSSR count). The van der Waals surface area contributed by atoms with Crippen LogP contribution in [0.5, 0.6) is 0 Å². The van der Waals surface area contributed by atoms with Gasteiger partial charge in [0.15, 0.2) is 0 Å². The zero-order chi connectivity index (χ0) is 8.32. The van der Waals surface area contributed by atoms with E-state index in [2.05, 4.69) is 10.4 Å². The van der Waals surface area contributed by atoms with Crippen LogP contribution < -0.4 is 5.73 Å². The third kappa shape index (κ3) is 1.58. The van der Waals surface area contributed by atoms with Crippen LogP contribution in [0, 0.1) is 5.38 Å². The lowest BCUT2D eigenvalue weighted by Gasteiger charge is -2.23. The molecule has 2 N–H and O–H groups in total. The van der Waals surface area contributed by atoms with Crippen molar-refractivity contribution in [3.05, 3.63) is 16.6 Å². The van der Waals surface area contributed by atoms with Gasteiger partial charge in [-0.1, -0.05) is 0 Å². The van der Waals surface area contributed by atoms with Crippen molar-refractivity contribution < 1.29 is 4.74 Å². The van der Waals surface area contributed by atoms with Crippen molar-refractivity contribution in [1.82, 2.24) is 4.98 Å². The van der Waals surface area contributed by atoms with Crippen LogP contribution in [0.2, 0.25) is 0 Å². The lowest BCUT2D eigenvalue weighted by atomic mass is 10.1. The van der Waals surface area contributed by atoms with Gasteiger partial charge < -0.3 is 10.5 Å². The summed E-state index contributed by atoms with van der Waals surface area (Å²) in [5, 5.41) is 3.78. The van der Waals surface area contributed by atoms with Crippen molar-refractivity contribution >= 4 is 11.3 Å². The molecule has 0 aliphatic heterocycles. The second kappa shape index (κ2) is 3.30. The first-order chi connectivity index (χ1) is 5.23. The highest BCUT2D eigenvalue weighted by atomic mass is 32.1. The number of methoxy groups -OCH3 is 1. The van der Waals surface area contributed by atoms with Crippen LogP contribution in [-0.4, -0.2) is 18.6 Å². The summed E-state index contributed by atoms with van der Waals surface area (Å²) in [6.45, 7) is 2.35. The Kier molecular flexibility index (Phi) is 2.59. The second-order valence-electron chi connectivity index (χ2n) is 2.42. The molecule has 0 amide bonds. The topological polar surface area (TPSA) is 48.1 Å². The van der Waals surface area contributed by atoms with Crippen LogP contribution in [0.3, 0.4) is 0 Å². The largest absolute Gasteiger partial charge is 0.370 e. The Balaban J connectivity index is 2.87.